The summed E-state index contributed by atoms with van der Waals surface area (Å²) in [6, 6.07) is 3.91. The molecule has 1 saturated carbocycles. The molecule has 1 aromatic rings. The second-order valence-electron chi connectivity index (χ2n) is 5.66. The Kier molecular flexibility index (Phi) is 3.24. The molecule has 1 amide bonds. The first-order valence-corrected chi connectivity index (χ1v) is 6.79. The largest absolute Gasteiger partial charge is 0.376 e. The normalized spacial score (nSPS) is 31.5. The van der Waals surface area contributed by atoms with E-state index < -0.39 is 0 Å². The number of ether oxygens (including phenoxy) is 1. The zero-order chi connectivity index (χ0) is 14.3. The fraction of sp³-hybridized carbons (Fsp3) is 0.571. The van der Waals surface area contributed by atoms with E-state index in [1.807, 2.05) is 20.2 Å². The van der Waals surface area contributed by atoms with Gasteiger partial charge in [0, 0.05) is 18.7 Å². The van der Waals surface area contributed by atoms with Crippen LogP contribution in [0, 0.1) is 17.2 Å². The monoisotopic (exact) mass is 274 g/mol. The van der Waals surface area contributed by atoms with Crippen molar-refractivity contribution < 1.29 is 9.53 Å². The number of aromatic nitrogens is 1. The number of carbonyl (C=O) groups excluding carboxylic acids is 1. The molecule has 6 heteroatoms. The SMILES string of the molecule is CN(C)[C@@H]1[C@@H](NC(=O)c2cc(C#N)c[nH]2)[C@H]2CCO[C@H]21. The molecule has 2 fully saturated rings. The number of H-pyrrole nitrogens is 1. The third-order valence-electron chi connectivity index (χ3n) is 4.30. The standard InChI is InChI=1S/C14H18N4O2/c1-18(2)12-11(9-3-4-20-13(9)12)17-14(19)10-5-8(6-15)7-16-10/h5,7,9,11-13,16H,3-4H2,1-2H3,(H,17,19)/t9-,11+,12-,13-/m1/s1. The lowest BCUT2D eigenvalue weighted by Crippen LogP contribution is -2.69. The fourth-order valence-electron chi connectivity index (χ4n) is 3.30. The van der Waals surface area contributed by atoms with Gasteiger partial charge >= 0.3 is 0 Å². The molecule has 1 aliphatic heterocycles. The number of carbonyl (C=O) groups is 1. The molecule has 0 radical (unpaired) electrons. The number of likely N-dealkylation sites (N-methyl/N-ethyl adjacent to an activating group) is 1. The number of rotatable bonds is 3. The summed E-state index contributed by atoms with van der Waals surface area (Å²) in [6.45, 7) is 0.771. The molecule has 2 heterocycles. The van der Waals surface area contributed by atoms with E-state index in [1.54, 1.807) is 12.3 Å². The predicted octanol–water partition coefficient (Wildman–Crippen LogP) is 0.334. The van der Waals surface area contributed by atoms with Crippen LogP contribution in [0.15, 0.2) is 12.3 Å². The highest BCUT2D eigenvalue weighted by atomic mass is 16.5. The van der Waals surface area contributed by atoms with Gasteiger partial charge in [0.1, 0.15) is 11.8 Å². The summed E-state index contributed by atoms with van der Waals surface area (Å²) in [7, 11) is 4.01. The molecule has 1 saturated heterocycles. The molecule has 0 spiro atoms. The summed E-state index contributed by atoms with van der Waals surface area (Å²) in [4.78, 5) is 17.2. The Morgan fingerprint density at radius 2 is 2.40 bits per heavy atom. The van der Waals surface area contributed by atoms with Gasteiger partial charge in [-0.25, -0.2) is 0 Å². The maximum Gasteiger partial charge on any atom is 0.268 e. The molecular weight excluding hydrogens is 256 g/mol. The van der Waals surface area contributed by atoms with Crippen LogP contribution in [0.1, 0.15) is 22.5 Å². The van der Waals surface area contributed by atoms with Crippen molar-refractivity contribution in [2.75, 3.05) is 20.7 Å². The van der Waals surface area contributed by atoms with Crippen LogP contribution in [0.5, 0.6) is 0 Å². The van der Waals surface area contributed by atoms with Gasteiger partial charge in [0.2, 0.25) is 0 Å². The Hall–Kier alpha value is -1.84. The van der Waals surface area contributed by atoms with Crippen LogP contribution >= 0.6 is 0 Å². The van der Waals surface area contributed by atoms with Crippen molar-refractivity contribution in [1.29, 1.82) is 5.26 Å². The van der Waals surface area contributed by atoms with Crippen molar-refractivity contribution in [3.05, 3.63) is 23.5 Å². The minimum absolute atomic E-state index is 0.110. The zero-order valence-electron chi connectivity index (χ0n) is 11.6. The molecule has 20 heavy (non-hydrogen) atoms. The quantitative estimate of drug-likeness (QED) is 0.832. The summed E-state index contributed by atoms with van der Waals surface area (Å²) >= 11 is 0. The van der Waals surface area contributed by atoms with Crippen LogP contribution in [0.2, 0.25) is 0 Å². The summed E-state index contributed by atoms with van der Waals surface area (Å²) in [5.41, 5.74) is 0.899. The van der Waals surface area contributed by atoms with Gasteiger partial charge in [-0.3, -0.25) is 4.79 Å². The number of nitriles is 1. The Morgan fingerprint density at radius 3 is 3.05 bits per heavy atom. The molecule has 1 aromatic heterocycles. The van der Waals surface area contributed by atoms with Gasteiger partial charge in [-0.2, -0.15) is 5.26 Å². The van der Waals surface area contributed by atoms with Crippen LogP contribution < -0.4 is 5.32 Å². The highest BCUT2D eigenvalue weighted by Gasteiger charge is 2.55. The summed E-state index contributed by atoms with van der Waals surface area (Å²) in [6.07, 6.45) is 2.77. The molecule has 0 bridgehead atoms. The van der Waals surface area contributed by atoms with Gasteiger partial charge in [0.05, 0.1) is 23.8 Å². The van der Waals surface area contributed by atoms with Gasteiger partial charge < -0.3 is 19.9 Å². The maximum absolute atomic E-state index is 12.2. The lowest BCUT2D eigenvalue weighted by molar-refractivity contribution is -0.0664. The Balaban J connectivity index is 1.70. The first-order valence-electron chi connectivity index (χ1n) is 6.79. The van der Waals surface area contributed by atoms with Crippen LogP contribution in [0.4, 0.5) is 0 Å². The van der Waals surface area contributed by atoms with E-state index in [2.05, 4.69) is 15.2 Å². The number of amides is 1. The summed E-state index contributed by atoms with van der Waals surface area (Å²) in [5, 5.41) is 11.9. The lowest BCUT2D eigenvalue weighted by atomic mass is 9.71. The van der Waals surface area contributed by atoms with Crippen molar-refractivity contribution in [2.24, 2.45) is 5.92 Å². The molecule has 2 aliphatic rings. The van der Waals surface area contributed by atoms with Crippen molar-refractivity contribution in [3.8, 4) is 6.07 Å². The summed E-state index contributed by atoms with van der Waals surface area (Å²) in [5.74, 6) is 0.241. The molecule has 4 atom stereocenters. The van der Waals surface area contributed by atoms with Crippen molar-refractivity contribution in [2.45, 2.75) is 24.6 Å². The Bertz CT molecular complexity index is 560. The van der Waals surface area contributed by atoms with E-state index in [4.69, 9.17) is 10.00 Å². The number of aromatic amines is 1. The van der Waals surface area contributed by atoms with Crippen LogP contribution in [-0.2, 0) is 4.74 Å². The molecule has 6 nitrogen and oxygen atoms in total. The minimum atomic E-state index is -0.159. The third kappa shape index (κ3) is 1.99. The number of nitrogens with one attached hydrogen (secondary N) is 2. The minimum Gasteiger partial charge on any atom is -0.376 e. The highest BCUT2D eigenvalue weighted by Crippen LogP contribution is 2.41. The Morgan fingerprint density at radius 1 is 1.60 bits per heavy atom. The smallest absolute Gasteiger partial charge is 0.268 e. The van der Waals surface area contributed by atoms with E-state index in [0.717, 1.165) is 13.0 Å². The lowest BCUT2D eigenvalue weighted by Gasteiger charge is -2.50. The van der Waals surface area contributed by atoms with Crippen molar-refractivity contribution in [1.82, 2.24) is 15.2 Å². The van der Waals surface area contributed by atoms with Crippen LogP contribution in [-0.4, -0.2) is 54.7 Å². The average Bonchev–Trinajstić information content (AvgIpc) is 3.02. The number of hydrogen-bond acceptors (Lipinski definition) is 4. The highest BCUT2D eigenvalue weighted by molar-refractivity contribution is 5.93. The fourth-order valence-corrected chi connectivity index (χ4v) is 3.30. The number of fused-ring (bicyclic) bond motifs is 1. The molecule has 0 unspecified atom stereocenters. The maximum atomic E-state index is 12.2. The van der Waals surface area contributed by atoms with E-state index in [0.29, 0.717) is 17.2 Å². The van der Waals surface area contributed by atoms with E-state index in [1.165, 1.54) is 0 Å². The molecule has 0 aromatic carbocycles. The first-order chi connectivity index (χ1) is 9.61. The number of hydrogen-bond donors (Lipinski definition) is 2. The molecule has 106 valence electrons. The van der Waals surface area contributed by atoms with Crippen molar-refractivity contribution >= 4 is 5.91 Å². The average molecular weight is 274 g/mol. The molecule has 1 aliphatic carbocycles. The third-order valence-corrected chi connectivity index (χ3v) is 4.30. The topological polar surface area (TPSA) is 81.2 Å². The van der Waals surface area contributed by atoms with E-state index in [9.17, 15) is 4.79 Å². The zero-order valence-corrected chi connectivity index (χ0v) is 11.6. The van der Waals surface area contributed by atoms with Gasteiger partial charge in [-0.05, 0) is 26.6 Å². The predicted molar refractivity (Wildman–Crippen MR) is 72.1 cm³/mol. The second-order valence-corrected chi connectivity index (χ2v) is 5.66. The molecule has 3 rings (SSSR count). The van der Waals surface area contributed by atoms with Gasteiger partial charge in [0.25, 0.3) is 5.91 Å². The van der Waals surface area contributed by atoms with Crippen LogP contribution in [0.3, 0.4) is 0 Å². The van der Waals surface area contributed by atoms with E-state index in [-0.39, 0.29) is 24.1 Å². The molecule has 2 N–H and O–H groups in total. The van der Waals surface area contributed by atoms with Crippen molar-refractivity contribution in [3.63, 3.8) is 0 Å². The molecular formula is C14H18N4O2. The number of nitrogens with zero attached hydrogens (tertiary/aromatic N) is 2. The first kappa shape index (κ1) is 13.2. The second kappa shape index (κ2) is 4.93. The Labute approximate surface area is 117 Å². The van der Waals surface area contributed by atoms with Gasteiger partial charge in [0.15, 0.2) is 0 Å². The van der Waals surface area contributed by atoms with E-state index >= 15 is 0 Å². The van der Waals surface area contributed by atoms with Crippen LogP contribution in [0.25, 0.3) is 0 Å². The van der Waals surface area contributed by atoms with Gasteiger partial charge in [-0.15, -0.1) is 0 Å². The summed E-state index contributed by atoms with van der Waals surface area (Å²) < 4.78 is 5.72. The van der Waals surface area contributed by atoms with Gasteiger partial charge in [-0.1, -0.05) is 0 Å².